The Morgan fingerprint density at radius 1 is 1.27 bits per heavy atom. The molecule has 2 rings (SSSR count). The highest BCUT2D eigenvalue weighted by atomic mass is 32.2. The average Bonchev–Trinajstić information content (AvgIpc) is 2.62. The topological polar surface area (TPSA) is 90.3 Å². The van der Waals surface area contributed by atoms with E-state index in [9.17, 15) is 13.2 Å². The van der Waals surface area contributed by atoms with Gasteiger partial charge in [0.1, 0.15) is 6.07 Å². The normalized spacial score (nSPS) is 14.6. The first-order chi connectivity index (χ1) is 12.4. The molecule has 0 aliphatic heterocycles. The molecule has 0 spiro atoms. The maximum absolute atomic E-state index is 12.2. The summed E-state index contributed by atoms with van der Waals surface area (Å²) in [6, 6.07) is 8.75. The van der Waals surface area contributed by atoms with Gasteiger partial charge < -0.3 is 5.32 Å². The van der Waals surface area contributed by atoms with Gasteiger partial charge in [0.05, 0.1) is 17.5 Å². The molecule has 1 aliphatic carbocycles. The van der Waals surface area contributed by atoms with Gasteiger partial charge in [-0.3, -0.25) is 4.79 Å². The van der Waals surface area contributed by atoms with Crippen molar-refractivity contribution in [3.8, 4) is 6.07 Å². The highest BCUT2D eigenvalue weighted by Crippen LogP contribution is 2.21. The molecule has 26 heavy (non-hydrogen) atoms. The first-order valence-electron chi connectivity index (χ1n) is 8.82. The number of nitrogens with one attached hydrogen (secondary N) is 1. The molecule has 140 valence electrons. The number of nitrogens with zero attached hydrogens (tertiary/aromatic N) is 2. The molecule has 6 nitrogen and oxygen atoms in total. The van der Waals surface area contributed by atoms with E-state index in [1.165, 1.54) is 22.6 Å². The van der Waals surface area contributed by atoms with Crippen molar-refractivity contribution in [2.24, 2.45) is 0 Å². The number of para-hydroxylation sites is 1. The molecule has 0 aromatic heterocycles. The molecule has 0 fully saturated rings. The third kappa shape index (κ3) is 6.28. The summed E-state index contributed by atoms with van der Waals surface area (Å²) >= 11 is 0. The van der Waals surface area contributed by atoms with Gasteiger partial charge in [0, 0.05) is 19.5 Å². The first-order valence-corrected chi connectivity index (χ1v) is 10.7. The zero-order chi connectivity index (χ0) is 19.0. The van der Waals surface area contributed by atoms with Crippen LogP contribution in [0.4, 0.5) is 5.69 Å². The maximum atomic E-state index is 12.2. The van der Waals surface area contributed by atoms with E-state index in [2.05, 4.69) is 11.4 Å². The summed E-state index contributed by atoms with van der Waals surface area (Å²) in [7, 11) is -3.37. The van der Waals surface area contributed by atoms with Crippen LogP contribution >= 0.6 is 0 Å². The Balaban J connectivity index is 1.91. The number of anilines is 1. The molecule has 1 N–H and O–H groups in total. The Morgan fingerprint density at radius 3 is 2.69 bits per heavy atom. The third-order valence-electron chi connectivity index (χ3n) is 4.45. The van der Waals surface area contributed by atoms with E-state index in [-0.39, 0.29) is 18.9 Å². The van der Waals surface area contributed by atoms with Crippen LogP contribution in [0.25, 0.3) is 0 Å². The van der Waals surface area contributed by atoms with Crippen molar-refractivity contribution in [3.05, 3.63) is 41.5 Å². The van der Waals surface area contributed by atoms with Gasteiger partial charge in [-0.25, -0.2) is 12.7 Å². The number of nitriles is 1. The van der Waals surface area contributed by atoms with Crippen molar-refractivity contribution < 1.29 is 13.2 Å². The molecule has 0 radical (unpaired) electrons. The van der Waals surface area contributed by atoms with E-state index in [0.29, 0.717) is 24.2 Å². The fraction of sp³-hybridized carbons (Fsp3) is 0.474. The molecule has 0 heterocycles. The van der Waals surface area contributed by atoms with Crippen molar-refractivity contribution in [1.29, 1.82) is 5.26 Å². The van der Waals surface area contributed by atoms with Crippen LogP contribution in [-0.4, -0.2) is 38.0 Å². The molecule has 7 heteroatoms. The predicted octanol–water partition coefficient (Wildman–Crippen LogP) is 3.04. The van der Waals surface area contributed by atoms with Crippen molar-refractivity contribution >= 4 is 21.6 Å². The summed E-state index contributed by atoms with van der Waals surface area (Å²) in [5, 5.41) is 11.7. The smallest absolute Gasteiger partial charge is 0.225 e. The van der Waals surface area contributed by atoms with Gasteiger partial charge in [0.2, 0.25) is 15.9 Å². The van der Waals surface area contributed by atoms with Gasteiger partial charge in [-0.1, -0.05) is 23.8 Å². The SMILES string of the molecule is CS(=O)(=O)N(CCC(=O)Nc1ccccc1C#N)CCC1=CCCCC1. The number of allylic oxidation sites excluding steroid dienone is 1. The van der Waals surface area contributed by atoms with E-state index >= 15 is 0 Å². The van der Waals surface area contributed by atoms with Crippen LogP contribution in [0.5, 0.6) is 0 Å². The zero-order valence-electron chi connectivity index (χ0n) is 15.1. The van der Waals surface area contributed by atoms with Gasteiger partial charge >= 0.3 is 0 Å². The molecular weight excluding hydrogens is 350 g/mol. The second kappa shape index (κ2) is 9.51. The highest BCUT2D eigenvalue weighted by Gasteiger charge is 2.19. The van der Waals surface area contributed by atoms with Crippen LogP contribution in [0.3, 0.4) is 0 Å². The van der Waals surface area contributed by atoms with Crippen LogP contribution in [0, 0.1) is 11.3 Å². The van der Waals surface area contributed by atoms with E-state index in [1.54, 1.807) is 24.3 Å². The predicted molar refractivity (Wildman–Crippen MR) is 102 cm³/mol. The average molecular weight is 375 g/mol. The first kappa shape index (κ1) is 20.1. The van der Waals surface area contributed by atoms with Gasteiger partial charge in [0.25, 0.3) is 0 Å². The molecule has 0 atom stereocenters. The number of hydrogen-bond donors (Lipinski definition) is 1. The Bertz CT molecular complexity index is 810. The van der Waals surface area contributed by atoms with E-state index in [0.717, 1.165) is 19.3 Å². The Hall–Kier alpha value is -2.17. The number of rotatable bonds is 8. The van der Waals surface area contributed by atoms with Crippen LogP contribution in [0.15, 0.2) is 35.9 Å². The zero-order valence-corrected chi connectivity index (χ0v) is 15.9. The minimum Gasteiger partial charge on any atom is -0.325 e. The molecular formula is C19H25N3O3S. The lowest BCUT2D eigenvalue weighted by atomic mass is 9.97. The summed E-state index contributed by atoms with van der Waals surface area (Å²) in [4.78, 5) is 12.2. The van der Waals surface area contributed by atoms with E-state index in [4.69, 9.17) is 5.26 Å². The molecule has 0 unspecified atom stereocenters. The standard InChI is InChI=1S/C19H25N3O3S/c1-26(24,25)22(13-11-16-7-3-2-4-8-16)14-12-19(23)21-18-10-6-5-9-17(18)15-20/h5-7,9-10H,2-4,8,11-14H2,1H3,(H,21,23). The van der Waals surface area contributed by atoms with Crippen LogP contribution in [0.2, 0.25) is 0 Å². The van der Waals surface area contributed by atoms with Crippen LogP contribution in [-0.2, 0) is 14.8 Å². The molecule has 1 amide bonds. The number of sulfonamides is 1. The summed E-state index contributed by atoms with van der Waals surface area (Å²) < 4.78 is 25.4. The Morgan fingerprint density at radius 2 is 2.04 bits per heavy atom. The Labute approximate surface area is 155 Å². The second-order valence-electron chi connectivity index (χ2n) is 6.48. The van der Waals surface area contributed by atoms with Gasteiger partial charge in [-0.2, -0.15) is 5.26 Å². The molecule has 0 saturated heterocycles. The summed E-state index contributed by atoms with van der Waals surface area (Å²) in [6.45, 7) is 0.527. The fourth-order valence-electron chi connectivity index (χ4n) is 2.97. The number of hydrogen-bond acceptors (Lipinski definition) is 4. The number of amides is 1. The highest BCUT2D eigenvalue weighted by molar-refractivity contribution is 7.88. The number of carbonyl (C=O) groups is 1. The minimum absolute atomic E-state index is 0.0475. The minimum atomic E-state index is -3.37. The van der Waals surface area contributed by atoms with Crippen LogP contribution in [0.1, 0.15) is 44.1 Å². The molecule has 0 saturated carbocycles. The maximum Gasteiger partial charge on any atom is 0.225 e. The lowest BCUT2D eigenvalue weighted by Gasteiger charge is -2.21. The van der Waals surface area contributed by atoms with E-state index < -0.39 is 10.0 Å². The molecule has 0 bridgehead atoms. The van der Waals surface area contributed by atoms with Crippen molar-refractivity contribution in [2.45, 2.75) is 38.5 Å². The summed E-state index contributed by atoms with van der Waals surface area (Å²) in [6.07, 6.45) is 8.59. The number of benzene rings is 1. The quantitative estimate of drug-likeness (QED) is 0.707. The van der Waals surface area contributed by atoms with E-state index in [1.807, 2.05) is 6.07 Å². The fourth-order valence-corrected chi connectivity index (χ4v) is 3.82. The largest absolute Gasteiger partial charge is 0.325 e. The lowest BCUT2D eigenvalue weighted by Crippen LogP contribution is -2.34. The van der Waals surface area contributed by atoms with Crippen molar-refractivity contribution in [1.82, 2.24) is 4.31 Å². The number of carbonyl (C=O) groups excluding carboxylic acids is 1. The van der Waals surface area contributed by atoms with Crippen LogP contribution < -0.4 is 5.32 Å². The molecule has 1 aliphatic rings. The monoisotopic (exact) mass is 375 g/mol. The lowest BCUT2D eigenvalue weighted by molar-refractivity contribution is -0.116. The van der Waals surface area contributed by atoms with Crippen molar-refractivity contribution in [2.75, 3.05) is 24.7 Å². The van der Waals surface area contributed by atoms with Crippen molar-refractivity contribution in [3.63, 3.8) is 0 Å². The third-order valence-corrected chi connectivity index (χ3v) is 5.75. The summed E-state index contributed by atoms with van der Waals surface area (Å²) in [5.41, 5.74) is 2.13. The van der Waals surface area contributed by atoms with Gasteiger partial charge in [-0.15, -0.1) is 0 Å². The second-order valence-corrected chi connectivity index (χ2v) is 8.46. The molecule has 1 aromatic rings. The Kier molecular flexibility index (Phi) is 7.37. The summed E-state index contributed by atoms with van der Waals surface area (Å²) in [5.74, 6) is -0.307. The van der Waals surface area contributed by atoms with Gasteiger partial charge in [0.15, 0.2) is 0 Å². The van der Waals surface area contributed by atoms with Gasteiger partial charge in [-0.05, 0) is 44.2 Å². The molecule has 1 aromatic carbocycles.